The van der Waals surface area contributed by atoms with E-state index in [-0.39, 0.29) is 11.5 Å². The first-order chi connectivity index (χ1) is 13.9. The zero-order valence-corrected chi connectivity index (χ0v) is 17.5. The van der Waals surface area contributed by atoms with Gasteiger partial charge in [-0.25, -0.2) is 27.5 Å². The van der Waals surface area contributed by atoms with Gasteiger partial charge in [-0.1, -0.05) is 0 Å². The maximum absolute atomic E-state index is 11.7. The van der Waals surface area contributed by atoms with Gasteiger partial charge in [-0.3, -0.25) is 0 Å². The molecule has 0 bridgehead atoms. The van der Waals surface area contributed by atoms with Crippen molar-refractivity contribution in [1.29, 1.82) is 0 Å². The summed E-state index contributed by atoms with van der Waals surface area (Å²) < 4.78 is 62.1. The number of ether oxygens (including phenoxy) is 1. The van der Waals surface area contributed by atoms with Crippen molar-refractivity contribution in [3.63, 3.8) is 0 Å². The molecule has 2 saturated heterocycles. The van der Waals surface area contributed by atoms with E-state index in [4.69, 9.17) is 14.6 Å². The molecule has 2 aliphatic heterocycles. The number of carboxylic acids is 1. The Hall–Kier alpha value is -1.99. The van der Waals surface area contributed by atoms with Crippen LogP contribution in [-0.2, 0) is 19.6 Å². The summed E-state index contributed by atoms with van der Waals surface area (Å²) in [5.74, 6) is -2.02. The number of hydrogen-bond acceptors (Lipinski definition) is 7. The highest BCUT2D eigenvalue weighted by molar-refractivity contribution is 7.88. The molecule has 1 atom stereocenters. The minimum atomic E-state index is -5.08. The van der Waals surface area contributed by atoms with Crippen molar-refractivity contribution in [1.82, 2.24) is 14.3 Å². The Balaban J connectivity index is 0.000000396. The van der Waals surface area contributed by atoms with Crippen LogP contribution in [-0.4, -0.2) is 85.6 Å². The van der Waals surface area contributed by atoms with Crippen molar-refractivity contribution in [2.75, 3.05) is 44.5 Å². The van der Waals surface area contributed by atoms with Gasteiger partial charge in [0.15, 0.2) is 0 Å². The van der Waals surface area contributed by atoms with E-state index < -0.39 is 22.2 Å². The monoisotopic (exact) mass is 454 g/mol. The van der Waals surface area contributed by atoms with Crippen LogP contribution in [0.3, 0.4) is 0 Å². The molecule has 1 N–H and O–H groups in total. The van der Waals surface area contributed by atoms with Crippen LogP contribution in [0.15, 0.2) is 18.5 Å². The predicted octanol–water partition coefficient (Wildman–Crippen LogP) is 1.38. The lowest BCUT2D eigenvalue weighted by Gasteiger charge is -2.38. The number of piperidine rings is 1. The van der Waals surface area contributed by atoms with Crippen LogP contribution in [0, 0.1) is 5.41 Å². The summed E-state index contributed by atoms with van der Waals surface area (Å²) in [7, 11) is -1.38. The lowest BCUT2D eigenvalue weighted by Crippen LogP contribution is -2.43. The van der Waals surface area contributed by atoms with E-state index >= 15 is 0 Å². The molecular weight excluding hydrogens is 429 g/mol. The molecule has 1 aromatic rings. The van der Waals surface area contributed by atoms with Crippen LogP contribution in [0.25, 0.3) is 0 Å². The standard InChI is InChI=1S/C15H24N4O3S.C2HF3O2/c1-22-11-13-10-15(4-8-18(9-5-15)23(2,20)21)12-19(13)14-16-6-3-7-17-14;3-2(4,5)1(6)7/h3,6-7,13H,4-5,8-12H2,1-2H3;(H,6,7). The van der Waals surface area contributed by atoms with Gasteiger partial charge >= 0.3 is 12.1 Å². The lowest BCUT2D eigenvalue weighted by atomic mass is 9.77. The van der Waals surface area contributed by atoms with Crippen molar-refractivity contribution in [3.05, 3.63) is 18.5 Å². The molecule has 1 unspecified atom stereocenters. The largest absolute Gasteiger partial charge is 0.490 e. The third-order valence-corrected chi connectivity index (χ3v) is 6.58. The minimum absolute atomic E-state index is 0.129. The SMILES string of the molecule is COCC1CC2(CCN(S(C)(=O)=O)CC2)CN1c1ncccn1.O=C(O)C(F)(F)F. The van der Waals surface area contributed by atoms with Crippen molar-refractivity contribution in [2.24, 2.45) is 5.41 Å². The van der Waals surface area contributed by atoms with Crippen LogP contribution in [0.4, 0.5) is 19.1 Å². The molecule has 1 aromatic heterocycles. The number of aliphatic carboxylic acids is 1. The molecule has 2 fully saturated rings. The summed E-state index contributed by atoms with van der Waals surface area (Å²) in [6.07, 6.45) is 2.47. The molecule has 30 heavy (non-hydrogen) atoms. The van der Waals surface area contributed by atoms with Gasteiger partial charge in [-0.2, -0.15) is 13.2 Å². The molecule has 170 valence electrons. The molecule has 0 saturated carbocycles. The van der Waals surface area contributed by atoms with E-state index in [0.29, 0.717) is 19.7 Å². The highest BCUT2D eigenvalue weighted by Gasteiger charge is 2.47. The quantitative estimate of drug-likeness (QED) is 0.726. The highest BCUT2D eigenvalue weighted by atomic mass is 32.2. The molecule has 1 spiro atoms. The summed E-state index contributed by atoms with van der Waals surface area (Å²) in [6.45, 7) is 2.70. The van der Waals surface area contributed by atoms with Gasteiger partial charge in [-0.05, 0) is 30.7 Å². The number of rotatable bonds is 4. The Bertz CT molecular complexity index is 814. The second-order valence-corrected chi connectivity index (χ2v) is 9.44. The van der Waals surface area contributed by atoms with Gasteiger partial charge in [-0.15, -0.1) is 0 Å². The van der Waals surface area contributed by atoms with Gasteiger partial charge in [0.2, 0.25) is 16.0 Å². The number of carbonyl (C=O) groups is 1. The number of alkyl halides is 3. The van der Waals surface area contributed by atoms with Crippen LogP contribution in [0.2, 0.25) is 0 Å². The van der Waals surface area contributed by atoms with Gasteiger partial charge in [0.1, 0.15) is 0 Å². The summed E-state index contributed by atoms with van der Waals surface area (Å²) in [5.41, 5.74) is 0.129. The Morgan fingerprint density at radius 2 is 1.83 bits per heavy atom. The number of nitrogens with zero attached hydrogens (tertiary/aromatic N) is 4. The fraction of sp³-hybridized carbons (Fsp3) is 0.706. The summed E-state index contributed by atoms with van der Waals surface area (Å²) in [5, 5.41) is 7.12. The van der Waals surface area contributed by atoms with Crippen molar-refractivity contribution < 1.29 is 36.2 Å². The smallest absolute Gasteiger partial charge is 0.475 e. The number of hydrogen-bond donors (Lipinski definition) is 1. The lowest BCUT2D eigenvalue weighted by molar-refractivity contribution is -0.192. The van der Waals surface area contributed by atoms with Crippen LogP contribution < -0.4 is 4.90 Å². The van der Waals surface area contributed by atoms with E-state index in [1.54, 1.807) is 23.8 Å². The maximum atomic E-state index is 11.7. The Labute approximate surface area is 172 Å². The number of anilines is 1. The molecule has 3 heterocycles. The van der Waals surface area contributed by atoms with Gasteiger partial charge in [0.05, 0.1) is 18.9 Å². The molecule has 0 amide bonds. The molecule has 13 heteroatoms. The van der Waals surface area contributed by atoms with Crippen LogP contribution in [0.5, 0.6) is 0 Å². The molecule has 2 aliphatic rings. The van der Waals surface area contributed by atoms with E-state index in [0.717, 1.165) is 31.8 Å². The maximum Gasteiger partial charge on any atom is 0.490 e. The topological polar surface area (TPSA) is 113 Å². The van der Waals surface area contributed by atoms with Crippen molar-refractivity contribution in [2.45, 2.75) is 31.5 Å². The molecule has 9 nitrogen and oxygen atoms in total. The van der Waals surface area contributed by atoms with E-state index in [1.807, 2.05) is 6.07 Å². The Kier molecular flexibility index (Phi) is 7.64. The van der Waals surface area contributed by atoms with E-state index in [1.165, 1.54) is 6.26 Å². The van der Waals surface area contributed by atoms with Crippen LogP contribution in [0.1, 0.15) is 19.3 Å². The Morgan fingerprint density at radius 1 is 1.30 bits per heavy atom. The molecule has 3 rings (SSSR count). The number of halogens is 3. The summed E-state index contributed by atoms with van der Waals surface area (Å²) in [4.78, 5) is 19.9. The van der Waals surface area contributed by atoms with E-state index in [2.05, 4.69) is 14.9 Å². The Morgan fingerprint density at radius 3 is 2.27 bits per heavy atom. The molecule has 0 radical (unpaired) electrons. The predicted molar refractivity (Wildman–Crippen MR) is 101 cm³/mol. The van der Waals surface area contributed by atoms with Gasteiger partial charge < -0.3 is 14.7 Å². The number of methoxy groups -OCH3 is 1. The summed E-state index contributed by atoms with van der Waals surface area (Å²) >= 11 is 0. The first-order valence-corrected chi connectivity index (χ1v) is 11.0. The van der Waals surface area contributed by atoms with E-state index in [9.17, 15) is 21.6 Å². The van der Waals surface area contributed by atoms with Crippen molar-refractivity contribution >= 4 is 21.9 Å². The second-order valence-electron chi connectivity index (χ2n) is 7.45. The first kappa shape index (κ1) is 24.3. The van der Waals surface area contributed by atoms with Crippen molar-refractivity contribution in [3.8, 4) is 0 Å². The highest BCUT2D eigenvalue weighted by Crippen LogP contribution is 2.44. The molecular formula is C17H25F3N4O5S. The zero-order chi connectivity index (χ0) is 22.6. The average Bonchev–Trinajstić information content (AvgIpc) is 3.00. The van der Waals surface area contributed by atoms with Gasteiger partial charge in [0.25, 0.3) is 0 Å². The van der Waals surface area contributed by atoms with Crippen LogP contribution >= 0.6 is 0 Å². The fourth-order valence-corrected chi connectivity index (χ4v) is 4.68. The third kappa shape index (κ3) is 6.25. The number of aromatic nitrogens is 2. The third-order valence-electron chi connectivity index (χ3n) is 5.28. The first-order valence-electron chi connectivity index (χ1n) is 9.16. The minimum Gasteiger partial charge on any atom is -0.475 e. The van der Waals surface area contributed by atoms with Gasteiger partial charge in [0, 0.05) is 39.1 Å². The zero-order valence-electron chi connectivity index (χ0n) is 16.7. The number of sulfonamides is 1. The normalized spacial score (nSPS) is 21.9. The number of carboxylic acid groups (broad SMARTS) is 1. The summed E-state index contributed by atoms with van der Waals surface area (Å²) in [6, 6.07) is 2.05. The molecule has 0 aromatic carbocycles. The second kappa shape index (κ2) is 9.43. The fourth-order valence-electron chi connectivity index (χ4n) is 3.83. The average molecular weight is 454 g/mol. The molecule has 0 aliphatic carbocycles.